The Morgan fingerprint density at radius 2 is 1.58 bits per heavy atom. The van der Waals surface area contributed by atoms with Crippen molar-refractivity contribution >= 4 is 11.9 Å². The molecule has 3 amide bonds. The van der Waals surface area contributed by atoms with Crippen molar-refractivity contribution in [2.75, 3.05) is 26.2 Å². The molecule has 0 aromatic rings. The highest BCUT2D eigenvalue weighted by Crippen LogP contribution is 2.44. The lowest BCUT2D eigenvalue weighted by molar-refractivity contribution is -0.184. The molecule has 6 nitrogen and oxygen atoms in total. The number of likely N-dealkylation sites (N-methyl/N-ethyl adjacent to an activating group) is 1. The molecule has 1 spiro atoms. The predicted octanol–water partition coefficient (Wildman–Crippen LogP) is 4.18. The Kier molecular flexibility index (Phi) is 6.17. The molecular formula is C24H36F3N3O3. The molecule has 4 heterocycles. The Morgan fingerprint density at radius 1 is 0.970 bits per heavy atom. The van der Waals surface area contributed by atoms with Crippen molar-refractivity contribution in [3.05, 3.63) is 0 Å². The summed E-state index contributed by atoms with van der Waals surface area (Å²) in [7, 11) is 0. The summed E-state index contributed by atoms with van der Waals surface area (Å²) in [5, 5.41) is 0. The van der Waals surface area contributed by atoms with E-state index in [0.29, 0.717) is 37.5 Å². The van der Waals surface area contributed by atoms with E-state index in [1.165, 1.54) is 17.7 Å². The molecule has 1 saturated carbocycles. The topological polar surface area (TPSA) is 53.1 Å². The lowest BCUT2D eigenvalue weighted by Crippen LogP contribution is -2.57. The Morgan fingerprint density at radius 3 is 2.12 bits per heavy atom. The fourth-order valence-electron chi connectivity index (χ4n) is 7.23. The van der Waals surface area contributed by atoms with Crippen LogP contribution in [-0.2, 0) is 9.53 Å². The van der Waals surface area contributed by atoms with Gasteiger partial charge in [-0.2, -0.15) is 13.2 Å². The van der Waals surface area contributed by atoms with E-state index in [1.54, 1.807) is 4.90 Å². The fourth-order valence-corrected chi connectivity index (χ4v) is 7.23. The van der Waals surface area contributed by atoms with Gasteiger partial charge < -0.3 is 14.5 Å². The Bertz CT molecular complexity index is 748. The first-order chi connectivity index (χ1) is 15.7. The molecule has 0 N–H and O–H groups in total. The number of imide groups is 1. The summed E-state index contributed by atoms with van der Waals surface area (Å²) in [5.41, 5.74) is -0.822. The quantitative estimate of drug-likeness (QED) is 0.577. The van der Waals surface area contributed by atoms with Gasteiger partial charge in [-0.1, -0.05) is 0 Å². The first-order valence-electron chi connectivity index (χ1n) is 12.8. The molecule has 186 valence electrons. The highest BCUT2D eigenvalue weighted by atomic mass is 19.4. The minimum absolute atomic E-state index is 0.00871. The van der Waals surface area contributed by atoms with Gasteiger partial charge in [-0.3, -0.25) is 9.69 Å². The molecule has 1 aliphatic carbocycles. The maximum absolute atomic E-state index is 13.6. The summed E-state index contributed by atoms with van der Waals surface area (Å²) in [4.78, 5) is 32.4. The first kappa shape index (κ1) is 23.4. The van der Waals surface area contributed by atoms with Crippen LogP contribution in [0.5, 0.6) is 0 Å². The van der Waals surface area contributed by atoms with Gasteiger partial charge in [0.25, 0.3) is 5.91 Å². The summed E-state index contributed by atoms with van der Waals surface area (Å²) in [6, 6.07) is -0.708. The molecule has 2 bridgehead atoms. The van der Waals surface area contributed by atoms with Crippen molar-refractivity contribution in [3.63, 3.8) is 0 Å². The molecule has 5 rings (SSSR count). The van der Waals surface area contributed by atoms with Gasteiger partial charge in [0, 0.05) is 32.2 Å². The van der Waals surface area contributed by atoms with E-state index in [9.17, 15) is 22.8 Å². The van der Waals surface area contributed by atoms with E-state index in [1.807, 2.05) is 6.92 Å². The van der Waals surface area contributed by atoms with Gasteiger partial charge >= 0.3 is 12.2 Å². The average Bonchev–Trinajstić information content (AvgIpc) is 3.22. The third-order valence-corrected chi connectivity index (χ3v) is 9.00. The fraction of sp³-hybridized carbons (Fsp3) is 0.917. The highest BCUT2D eigenvalue weighted by molar-refractivity contribution is 6.07. The summed E-state index contributed by atoms with van der Waals surface area (Å²) in [6.45, 7) is 4.91. The summed E-state index contributed by atoms with van der Waals surface area (Å²) in [6.07, 6.45) is 2.89. The first-order valence-corrected chi connectivity index (χ1v) is 12.8. The van der Waals surface area contributed by atoms with Crippen LogP contribution >= 0.6 is 0 Å². The number of likely N-dealkylation sites (tertiary alicyclic amines) is 1. The number of hydrogen-bond acceptors (Lipinski definition) is 4. The van der Waals surface area contributed by atoms with Gasteiger partial charge in [-0.05, 0) is 77.0 Å². The predicted molar refractivity (Wildman–Crippen MR) is 115 cm³/mol. The summed E-state index contributed by atoms with van der Waals surface area (Å²) in [5.74, 6) is -0.858. The smallest absolute Gasteiger partial charge is 0.375 e. The minimum atomic E-state index is -4.20. The lowest BCUT2D eigenvalue weighted by atomic mass is 9.83. The number of piperidine rings is 1. The molecule has 3 atom stereocenters. The Labute approximate surface area is 193 Å². The highest BCUT2D eigenvalue weighted by Gasteiger charge is 2.59. The van der Waals surface area contributed by atoms with Gasteiger partial charge in [0.15, 0.2) is 0 Å². The van der Waals surface area contributed by atoms with E-state index in [-0.39, 0.29) is 37.6 Å². The normalized spacial score (nSPS) is 37.4. The molecule has 0 radical (unpaired) electrons. The van der Waals surface area contributed by atoms with E-state index in [2.05, 4.69) is 4.90 Å². The molecular weight excluding hydrogens is 435 g/mol. The average molecular weight is 472 g/mol. The zero-order valence-electron chi connectivity index (χ0n) is 19.5. The number of carbonyl (C=O) groups is 2. The Hall–Kier alpha value is -1.35. The number of halogens is 3. The largest absolute Gasteiger partial charge is 0.391 e. The number of carbonyl (C=O) groups excluding carboxylic acids is 2. The molecule has 0 aromatic carbocycles. The monoisotopic (exact) mass is 471 g/mol. The number of ether oxygens (including phenoxy) is 1. The zero-order chi connectivity index (χ0) is 23.4. The minimum Gasteiger partial charge on any atom is -0.375 e. The number of amides is 3. The molecule has 4 aliphatic heterocycles. The molecule has 1 unspecified atom stereocenters. The molecule has 5 fully saturated rings. The van der Waals surface area contributed by atoms with Crippen LogP contribution in [0.1, 0.15) is 71.1 Å². The second-order valence-corrected chi connectivity index (χ2v) is 10.9. The second-order valence-electron chi connectivity index (χ2n) is 10.9. The molecule has 33 heavy (non-hydrogen) atoms. The van der Waals surface area contributed by atoms with Crippen molar-refractivity contribution in [1.82, 2.24) is 14.7 Å². The van der Waals surface area contributed by atoms with Crippen LogP contribution in [0, 0.1) is 11.8 Å². The van der Waals surface area contributed by atoms with E-state index >= 15 is 0 Å². The number of fused-ring (bicyclic) bond motifs is 2. The molecule has 9 heteroatoms. The summed E-state index contributed by atoms with van der Waals surface area (Å²) < 4.78 is 45.2. The van der Waals surface area contributed by atoms with Crippen LogP contribution < -0.4 is 0 Å². The third kappa shape index (κ3) is 4.17. The van der Waals surface area contributed by atoms with Gasteiger partial charge in [0.1, 0.15) is 5.54 Å². The van der Waals surface area contributed by atoms with Crippen molar-refractivity contribution < 1.29 is 27.5 Å². The van der Waals surface area contributed by atoms with Crippen molar-refractivity contribution in [3.8, 4) is 0 Å². The number of rotatable bonds is 4. The number of alkyl halides is 3. The molecule has 4 saturated heterocycles. The number of urea groups is 1. The van der Waals surface area contributed by atoms with Crippen molar-refractivity contribution in [2.45, 2.75) is 101 Å². The number of hydrogen-bond donors (Lipinski definition) is 0. The Balaban J connectivity index is 1.22. The van der Waals surface area contributed by atoms with Crippen LogP contribution in [0.3, 0.4) is 0 Å². The van der Waals surface area contributed by atoms with Gasteiger partial charge in [-0.15, -0.1) is 0 Å². The van der Waals surface area contributed by atoms with Gasteiger partial charge in [-0.25, -0.2) is 4.79 Å². The van der Waals surface area contributed by atoms with Crippen LogP contribution in [0.25, 0.3) is 0 Å². The van der Waals surface area contributed by atoms with E-state index < -0.39 is 23.7 Å². The molecule has 0 aromatic heterocycles. The van der Waals surface area contributed by atoms with Crippen LogP contribution in [0.15, 0.2) is 0 Å². The van der Waals surface area contributed by atoms with Crippen molar-refractivity contribution in [2.24, 2.45) is 11.8 Å². The third-order valence-electron chi connectivity index (χ3n) is 9.00. The maximum Gasteiger partial charge on any atom is 0.391 e. The standard InChI is InChI=1S/C24H36F3N3O3/c1-2-29-22(32)30(18-5-3-17(4-6-18)24(25,26)27)21(31)23(29)9-11-28(12-10-23)15-16-13-19-7-8-20(14-16)33-19/h16-20H,2-15H2,1H3/t16?,17?,18?,19-,20+. The second kappa shape index (κ2) is 8.70. The van der Waals surface area contributed by atoms with Crippen LogP contribution in [0.2, 0.25) is 0 Å². The summed E-state index contributed by atoms with van der Waals surface area (Å²) >= 11 is 0. The van der Waals surface area contributed by atoms with Crippen molar-refractivity contribution in [1.29, 1.82) is 0 Å². The molecule has 5 aliphatic rings. The van der Waals surface area contributed by atoms with E-state index in [4.69, 9.17) is 4.74 Å². The van der Waals surface area contributed by atoms with Gasteiger partial charge in [0.2, 0.25) is 0 Å². The van der Waals surface area contributed by atoms with Crippen LogP contribution in [0.4, 0.5) is 18.0 Å². The zero-order valence-corrected chi connectivity index (χ0v) is 19.5. The maximum atomic E-state index is 13.6. The van der Waals surface area contributed by atoms with Gasteiger partial charge in [0.05, 0.1) is 18.1 Å². The SMILES string of the molecule is CCN1C(=O)N(C2CCC(C(F)(F)F)CC2)C(=O)C12CCN(CC1C[C@H]3CC[C@@H](C1)O3)CC2. The lowest BCUT2D eigenvalue weighted by Gasteiger charge is -2.43. The van der Waals surface area contributed by atoms with E-state index in [0.717, 1.165) is 32.5 Å². The number of nitrogens with zero attached hydrogens (tertiary/aromatic N) is 3. The van der Waals surface area contributed by atoms with Crippen LogP contribution in [-0.4, -0.2) is 82.8 Å².